The van der Waals surface area contributed by atoms with Crippen LogP contribution in [-0.4, -0.2) is 51.0 Å². The smallest absolute Gasteiger partial charge is 0.338 e. The normalized spacial score (nSPS) is 18.6. The predicted molar refractivity (Wildman–Crippen MR) is 109 cm³/mol. The van der Waals surface area contributed by atoms with Crippen LogP contribution in [0.25, 0.3) is 0 Å². The van der Waals surface area contributed by atoms with Gasteiger partial charge in [0.2, 0.25) is 11.7 Å². The molecule has 0 spiro atoms. The number of thioether (sulfide) groups is 1. The molecule has 9 nitrogen and oxygen atoms in total. The molecule has 158 valence electrons. The number of esters is 1. The van der Waals surface area contributed by atoms with Crippen LogP contribution in [0, 0.1) is 11.3 Å². The van der Waals surface area contributed by atoms with E-state index in [1.54, 1.807) is 12.1 Å². The van der Waals surface area contributed by atoms with Gasteiger partial charge in [-0.05, 0) is 17.7 Å². The maximum Gasteiger partial charge on any atom is 0.338 e. The van der Waals surface area contributed by atoms with Crippen molar-refractivity contribution < 1.29 is 28.5 Å². The Morgan fingerprint density at radius 1 is 1.20 bits per heavy atom. The summed E-state index contributed by atoms with van der Waals surface area (Å²) in [7, 11) is 5.62. The Hall–Kier alpha value is -3.32. The van der Waals surface area contributed by atoms with Crippen molar-refractivity contribution in [3.8, 4) is 23.3 Å². The minimum Gasteiger partial charge on any atom is -0.493 e. The predicted octanol–water partition coefficient (Wildman–Crippen LogP) is 1.85. The molecule has 2 aliphatic rings. The number of fused-ring (bicyclic) bond motifs is 1. The Morgan fingerprint density at radius 2 is 1.83 bits per heavy atom. The number of nitrogens with zero attached hydrogens (tertiary/aromatic N) is 2. The summed E-state index contributed by atoms with van der Waals surface area (Å²) in [5, 5.41) is 10.4. The Balaban J connectivity index is 2.33. The summed E-state index contributed by atoms with van der Waals surface area (Å²) >= 11 is 1.34. The standard InChI is InChI=1S/C20H21N3O6S/c1-26-12-7-10(8-13(27-2)17(12)28-3)15-11(9-21)19-23(14(24)5-6-30-19)18(22)16(15)20(25)29-4/h7-8,15H,5-6,22H2,1-4H3. The van der Waals surface area contributed by atoms with E-state index in [1.165, 1.54) is 45.1 Å². The summed E-state index contributed by atoms with van der Waals surface area (Å²) in [6, 6.07) is 5.45. The third-order valence-electron chi connectivity index (χ3n) is 4.88. The molecule has 1 atom stereocenters. The zero-order valence-electron chi connectivity index (χ0n) is 17.0. The highest BCUT2D eigenvalue weighted by Gasteiger charge is 2.43. The highest BCUT2D eigenvalue weighted by molar-refractivity contribution is 8.03. The Bertz CT molecular complexity index is 985. The number of nitrogens with two attached hydrogens (primary N) is 1. The first-order chi connectivity index (χ1) is 14.4. The van der Waals surface area contributed by atoms with E-state index >= 15 is 0 Å². The van der Waals surface area contributed by atoms with Gasteiger partial charge < -0.3 is 24.7 Å². The van der Waals surface area contributed by atoms with Gasteiger partial charge in [0.1, 0.15) is 5.82 Å². The van der Waals surface area contributed by atoms with Crippen molar-refractivity contribution in [2.75, 3.05) is 34.2 Å². The molecule has 2 heterocycles. The number of benzene rings is 1. The van der Waals surface area contributed by atoms with Crippen molar-refractivity contribution in [2.45, 2.75) is 12.3 Å². The number of methoxy groups -OCH3 is 4. The summed E-state index contributed by atoms with van der Waals surface area (Å²) in [5.41, 5.74) is 7.01. The second-order valence-electron chi connectivity index (χ2n) is 6.34. The van der Waals surface area contributed by atoms with Gasteiger partial charge in [0.05, 0.1) is 56.6 Å². The van der Waals surface area contributed by atoms with E-state index in [0.717, 1.165) is 0 Å². The van der Waals surface area contributed by atoms with Crippen molar-refractivity contribution >= 4 is 23.6 Å². The fourth-order valence-corrected chi connectivity index (χ4v) is 4.67. The number of hydrogen-bond donors (Lipinski definition) is 1. The zero-order valence-corrected chi connectivity index (χ0v) is 17.8. The van der Waals surface area contributed by atoms with Crippen LogP contribution in [0.1, 0.15) is 17.9 Å². The SMILES string of the molecule is COC(=O)C1=C(N)N2C(=O)CCSC2=C(C#N)C1c1cc(OC)c(OC)c(OC)c1. The molecule has 0 aliphatic carbocycles. The van der Waals surface area contributed by atoms with Crippen LogP contribution >= 0.6 is 11.8 Å². The number of allylic oxidation sites excluding steroid dienone is 1. The first-order valence-corrected chi connectivity index (χ1v) is 9.89. The topological polar surface area (TPSA) is 124 Å². The number of carbonyl (C=O) groups is 2. The van der Waals surface area contributed by atoms with Gasteiger partial charge in [0.25, 0.3) is 0 Å². The van der Waals surface area contributed by atoms with Crippen LogP contribution in [0.5, 0.6) is 17.2 Å². The van der Waals surface area contributed by atoms with Gasteiger partial charge in [-0.1, -0.05) is 0 Å². The summed E-state index contributed by atoms with van der Waals surface area (Å²) in [5.74, 6) is -0.351. The first-order valence-electron chi connectivity index (χ1n) is 8.91. The first kappa shape index (κ1) is 21.4. The van der Waals surface area contributed by atoms with Gasteiger partial charge in [0, 0.05) is 12.2 Å². The number of hydrogen-bond acceptors (Lipinski definition) is 9. The van der Waals surface area contributed by atoms with Gasteiger partial charge in [0.15, 0.2) is 11.5 Å². The van der Waals surface area contributed by atoms with E-state index in [4.69, 9.17) is 24.7 Å². The second-order valence-corrected chi connectivity index (χ2v) is 7.42. The van der Waals surface area contributed by atoms with E-state index in [1.807, 2.05) is 0 Å². The van der Waals surface area contributed by atoms with Crippen molar-refractivity contribution in [3.63, 3.8) is 0 Å². The molecule has 1 amide bonds. The van der Waals surface area contributed by atoms with Crippen LogP contribution in [0.15, 0.2) is 34.1 Å². The molecule has 2 N–H and O–H groups in total. The second kappa shape index (κ2) is 8.59. The van der Waals surface area contributed by atoms with Gasteiger partial charge >= 0.3 is 5.97 Å². The van der Waals surface area contributed by atoms with E-state index in [0.29, 0.717) is 33.6 Å². The average molecular weight is 431 g/mol. The molecule has 0 saturated carbocycles. The lowest BCUT2D eigenvalue weighted by molar-refractivity contribution is -0.136. The van der Waals surface area contributed by atoms with Crippen LogP contribution in [-0.2, 0) is 14.3 Å². The maximum absolute atomic E-state index is 12.7. The summed E-state index contributed by atoms with van der Waals surface area (Å²) in [4.78, 5) is 26.5. The van der Waals surface area contributed by atoms with E-state index in [2.05, 4.69) is 6.07 Å². The number of rotatable bonds is 5. The summed E-state index contributed by atoms with van der Waals surface area (Å²) < 4.78 is 21.1. The van der Waals surface area contributed by atoms with Crippen LogP contribution in [0.3, 0.4) is 0 Å². The lowest BCUT2D eigenvalue weighted by atomic mass is 9.82. The molecule has 30 heavy (non-hydrogen) atoms. The molecule has 1 fully saturated rings. The largest absolute Gasteiger partial charge is 0.493 e. The third-order valence-corrected chi connectivity index (χ3v) is 5.96. The highest BCUT2D eigenvalue weighted by Crippen LogP contribution is 2.49. The lowest BCUT2D eigenvalue weighted by Crippen LogP contribution is -2.42. The summed E-state index contributed by atoms with van der Waals surface area (Å²) in [6.07, 6.45) is 0.247. The molecule has 0 aromatic heterocycles. The summed E-state index contributed by atoms with van der Waals surface area (Å²) in [6.45, 7) is 0. The van der Waals surface area contributed by atoms with Crippen molar-refractivity contribution in [1.29, 1.82) is 5.26 Å². The number of amides is 1. The molecule has 1 aromatic rings. The highest BCUT2D eigenvalue weighted by atomic mass is 32.2. The van der Waals surface area contributed by atoms with E-state index in [-0.39, 0.29) is 29.3 Å². The average Bonchev–Trinajstić information content (AvgIpc) is 2.77. The van der Waals surface area contributed by atoms with E-state index < -0.39 is 11.9 Å². The molecular weight excluding hydrogens is 410 g/mol. The molecule has 1 unspecified atom stereocenters. The number of ether oxygens (including phenoxy) is 4. The minimum absolute atomic E-state index is 0.00271. The Kier molecular flexibility index (Phi) is 6.12. The van der Waals surface area contributed by atoms with Gasteiger partial charge in [-0.25, -0.2) is 4.79 Å². The van der Waals surface area contributed by atoms with Crippen LogP contribution in [0.4, 0.5) is 0 Å². The Labute approximate surface area is 178 Å². The fourth-order valence-electron chi connectivity index (χ4n) is 3.55. The Morgan fingerprint density at radius 3 is 2.33 bits per heavy atom. The molecule has 1 aromatic carbocycles. The third kappa shape index (κ3) is 3.31. The molecular formula is C20H21N3O6S. The van der Waals surface area contributed by atoms with Crippen molar-refractivity contribution in [1.82, 2.24) is 4.90 Å². The maximum atomic E-state index is 12.7. The van der Waals surface area contributed by atoms with Gasteiger partial charge in [-0.3, -0.25) is 9.69 Å². The molecule has 0 bridgehead atoms. The van der Waals surface area contributed by atoms with Gasteiger partial charge in [-0.2, -0.15) is 5.26 Å². The number of nitriles is 1. The fraction of sp³-hybridized carbons (Fsp3) is 0.350. The molecule has 1 saturated heterocycles. The monoisotopic (exact) mass is 431 g/mol. The van der Waals surface area contributed by atoms with Crippen LogP contribution in [0.2, 0.25) is 0 Å². The zero-order chi connectivity index (χ0) is 22.0. The minimum atomic E-state index is -0.874. The quantitative estimate of drug-likeness (QED) is 0.696. The lowest BCUT2D eigenvalue weighted by Gasteiger charge is -2.37. The van der Waals surface area contributed by atoms with Crippen molar-refractivity contribution in [3.05, 3.63) is 39.7 Å². The molecule has 0 radical (unpaired) electrons. The molecule has 3 rings (SSSR count). The molecule has 10 heteroatoms. The molecule has 2 aliphatic heterocycles. The number of carbonyl (C=O) groups excluding carboxylic acids is 2. The van der Waals surface area contributed by atoms with Crippen molar-refractivity contribution in [2.24, 2.45) is 5.73 Å². The van der Waals surface area contributed by atoms with Crippen LogP contribution < -0.4 is 19.9 Å². The van der Waals surface area contributed by atoms with E-state index in [9.17, 15) is 14.9 Å². The van der Waals surface area contributed by atoms with Gasteiger partial charge in [-0.15, -0.1) is 11.8 Å².